The van der Waals surface area contributed by atoms with Crippen LogP contribution in [0.1, 0.15) is 40.2 Å². The zero-order chi connectivity index (χ0) is 22.1. The Kier molecular flexibility index (Phi) is 5.28. The van der Waals surface area contributed by atoms with Crippen LogP contribution in [0.3, 0.4) is 0 Å². The summed E-state index contributed by atoms with van der Waals surface area (Å²) in [6, 6.07) is 18.7. The van der Waals surface area contributed by atoms with E-state index in [0.717, 1.165) is 23.3 Å². The zero-order valence-electron chi connectivity index (χ0n) is 17.2. The standard InChI is InChI=1S/C23H20ClN5O3/c1-31-17-10-6-14(7-11-17)18-13-19(15-4-8-16(24)9-5-15)29-23(25-18)27-22(28-29)26-21(30)20-3-2-12-32-20/h2-12,18-19H,13H2,1H3,(H2,25,26,27,28,30)/t18-,19+/m0/s1. The van der Waals surface area contributed by atoms with Gasteiger partial charge < -0.3 is 14.5 Å². The number of anilines is 2. The van der Waals surface area contributed by atoms with Crippen LogP contribution in [0.4, 0.5) is 11.9 Å². The molecule has 4 aromatic rings. The van der Waals surface area contributed by atoms with Crippen molar-refractivity contribution in [3.63, 3.8) is 0 Å². The van der Waals surface area contributed by atoms with Crippen LogP contribution in [0.5, 0.6) is 5.75 Å². The highest BCUT2D eigenvalue weighted by molar-refractivity contribution is 6.30. The fraction of sp³-hybridized carbons (Fsp3) is 0.174. The first-order chi connectivity index (χ1) is 15.6. The van der Waals surface area contributed by atoms with E-state index < -0.39 is 5.91 Å². The number of fused-ring (bicyclic) bond motifs is 1. The van der Waals surface area contributed by atoms with E-state index in [1.54, 1.807) is 23.9 Å². The third kappa shape index (κ3) is 3.92. The number of carbonyl (C=O) groups excluding carboxylic acids is 1. The lowest BCUT2D eigenvalue weighted by molar-refractivity contribution is 0.0995. The first-order valence-corrected chi connectivity index (χ1v) is 10.5. The van der Waals surface area contributed by atoms with Crippen LogP contribution in [0.15, 0.2) is 71.3 Å². The highest BCUT2D eigenvalue weighted by Gasteiger charge is 2.31. The second-order valence-corrected chi connectivity index (χ2v) is 7.84. The number of carbonyl (C=O) groups is 1. The fourth-order valence-electron chi connectivity index (χ4n) is 3.82. The van der Waals surface area contributed by atoms with Crippen LogP contribution >= 0.6 is 11.6 Å². The Hall–Kier alpha value is -3.78. The number of rotatable bonds is 5. The molecule has 9 heteroatoms. The molecule has 8 nitrogen and oxygen atoms in total. The van der Waals surface area contributed by atoms with E-state index in [1.165, 1.54) is 6.26 Å². The van der Waals surface area contributed by atoms with Crippen molar-refractivity contribution >= 4 is 29.4 Å². The molecule has 0 fully saturated rings. The predicted molar refractivity (Wildman–Crippen MR) is 120 cm³/mol. The minimum absolute atomic E-state index is 0.00749. The quantitative estimate of drug-likeness (QED) is 0.448. The molecule has 1 amide bonds. The molecule has 0 aliphatic carbocycles. The molecule has 0 saturated carbocycles. The Morgan fingerprint density at radius 1 is 1.16 bits per heavy atom. The van der Waals surface area contributed by atoms with Crippen LogP contribution in [0, 0.1) is 0 Å². The number of ether oxygens (including phenoxy) is 1. The Bertz CT molecular complexity index is 1220. The van der Waals surface area contributed by atoms with E-state index in [4.69, 9.17) is 20.8 Å². The molecule has 32 heavy (non-hydrogen) atoms. The van der Waals surface area contributed by atoms with Gasteiger partial charge in [-0.3, -0.25) is 10.1 Å². The van der Waals surface area contributed by atoms with Gasteiger partial charge in [0.25, 0.3) is 11.9 Å². The third-order valence-corrected chi connectivity index (χ3v) is 5.68. The molecule has 0 unspecified atom stereocenters. The van der Waals surface area contributed by atoms with Gasteiger partial charge in [-0.2, -0.15) is 4.98 Å². The first kappa shape index (κ1) is 20.1. The molecule has 2 N–H and O–H groups in total. The summed E-state index contributed by atoms with van der Waals surface area (Å²) in [7, 11) is 1.64. The Morgan fingerprint density at radius 3 is 2.59 bits per heavy atom. The second kappa shape index (κ2) is 8.39. The number of nitrogens with one attached hydrogen (secondary N) is 2. The molecule has 1 aliphatic rings. The van der Waals surface area contributed by atoms with E-state index in [2.05, 4.69) is 20.7 Å². The van der Waals surface area contributed by atoms with Crippen molar-refractivity contribution < 1.29 is 13.9 Å². The second-order valence-electron chi connectivity index (χ2n) is 7.41. The van der Waals surface area contributed by atoms with Gasteiger partial charge in [-0.05, 0) is 53.9 Å². The van der Waals surface area contributed by atoms with E-state index in [-0.39, 0.29) is 23.8 Å². The number of furan rings is 1. The van der Waals surface area contributed by atoms with Crippen molar-refractivity contribution in [1.82, 2.24) is 14.8 Å². The van der Waals surface area contributed by atoms with Crippen LogP contribution < -0.4 is 15.4 Å². The van der Waals surface area contributed by atoms with Crippen LogP contribution in [-0.4, -0.2) is 27.8 Å². The summed E-state index contributed by atoms with van der Waals surface area (Å²) in [5, 5.41) is 11.4. The molecule has 162 valence electrons. The number of methoxy groups -OCH3 is 1. The minimum Gasteiger partial charge on any atom is -0.497 e. The lowest BCUT2D eigenvalue weighted by Crippen LogP contribution is -2.28. The van der Waals surface area contributed by atoms with Gasteiger partial charge in [0.15, 0.2) is 5.76 Å². The number of nitrogens with zero attached hydrogens (tertiary/aromatic N) is 3. The van der Waals surface area contributed by atoms with Crippen LogP contribution in [0.2, 0.25) is 5.02 Å². The Labute approximate surface area is 189 Å². The smallest absolute Gasteiger partial charge is 0.293 e. The number of benzene rings is 2. The summed E-state index contributed by atoms with van der Waals surface area (Å²) >= 11 is 6.10. The van der Waals surface area contributed by atoms with E-state index in [0.29, 0.717) is 11.0 Å². The van der Waals surface area contributed by atoms with Crippen molar-refractivity contribution in [2.75, 3.05) is 17.7 Å². The van der Waals surface area contributed by atoms with Gasteiger partial charge in [0.2, 0.25) is 5.95 Å². The summed E-state index contributed by atoms with van der Waals surface area (Å²) in [6.07, 6.45) is 2.17. The molecular formula is C23H20ClN5O3. The maximum absolute atomic E-state index is 12.4. The zero-order valence-corrected chi connectivity index (χ0v) is 17.9. The number of amides is 1. The molecule has 2 atom stereocenters. The molecule has 5 rings (SSSR count). The summed E-state index contributed by atoms with van der Waals surface area (Å²) in [4.78, 5) is 16.9. The molecular weight excluding hydrogens is 430 g/mol. The molecule has 1 aliphatic heterocycles. The fourth-order valence-corrected chi connectivity index (χ4v) is 3.94. The van der Waals surface area contributed by atoms with Crippen molar-refractivity contribution in [2.45, 2.75) is 18.5 Å². The largest absolute Gasteiger partial charge is 0.497 e. The SMILES string of the molecule is COc1ccc([C@@H]2C[C@H](c3ccc(Cl)cc3)n3nc(NC(=O)c4ccco4)nc3N2)cc1. The highest BCUT2D eigenvalue weighted by atomic mass is 35.5. The number of halogens is 1. The van der Waals surface area contributed by atoms with Gasteiger partial charge in [-0.25, -0.2) is 4.68 Å². The van der Waals surface area contributed by atoms with Gasteiger partial charge in [-0.1, -0.05) is 35.9 Å². The minimum atomic E-state index is -0.410. The molecule has 0 spiro atoms. The predicted octanol–water partition coefficient (Wildman–Crippen LogP) is 4.93. The first-order valence-electron chi connectivity index (χ1n) is 10.1. The summed E-state index contributed by atoms with van der Waals surface area (Å²) < 4.78 is 12.2. The number of hydrogen-bond donors (Lipinski definition) is 2. The lowest BCUT2D eigenvalue weighted by atomic mass is 9.93. The molecule has 0 saturated heterocycles. The van der Waals surface area contributed by atoms with E-state index in [1.807, 2.05) is 48.5 Å². The molecule has 2 aromatic heterocycles. The maximum Gasteiger partial charge on any atom is 0.293 e. The number of aromatic nitrogens is 3. The van der Waals surface area contributed by atoms with Gasteiger partial charge in [0.05, 0.1) is 25.5 Å². The highest BCUT2D eigenvalue weighted by Crippen LogP contribution is 2.38. The molecule has 3 heterocycles. The van der Waals surface area contributed by atoms with Crippen LogP contribution in [0.25, 0.3) is 0 Å². The topological polar surface area (TPSA) is 94.2 Å². The monoisotopic (exact) mass is 449 g/mol. The Morgan fingerprint density at radius 2 is 1.91 bits per heavy atom. The molecule has 0 radical (unpaired) electrons. The van der Waals surface area contributed by atoms with Crippen molar-refractivity contribution in [1.29, 1.82) is 0 Å². The van der Waals surface area contributed by atoms with Crippen molar-refractivity contribution in [3.05, 3.63) is 88.8 Å². The van der Waals surface area contributed by atoms with Crippen LogP contribution in [-0.2, 0) is 0 Å². The summed E-state index contributed by atoms with van der Waals surface area (Å²) in [6.45, 7) is 0. The van der Waals surface area contributed by atoms with E-state index in [9.17, 15) is 4.79 Å². The van der Waals surface area contributed by atoms with Crippen molar-refractivity contribution in [3.8, 4) is 5.75 Å². The third-order valence-electron chi connectivity index (χ3n) is 5.43. The number of hydrogen-bond acceptors (Lipinski definition) is 6. The Balaban J connectivity index is 1.48. The molecule has 2 aromatic carbocycles. The molecule has 0 bridgehead atoms. The van der Waals surface area contributed by atoms with Crippen molar-refractivity contribution in [2.24, 2.45) is 0 Å². The average Bonchev–Trinajstić information content (AvgIpc) is 3.49. The van der Waals surface area contributed by atoms with E-state index >= 15 is 0 Å². The van der Waals surface area contributed by atoms with Gasteiger partial charge >= 0.3 is 0 Å². The lowest BCUT2D eigenvalue weighted by Gasteiger charge is -2.31. The van der Waals surface area contributed by atoms with Gasteiger partial charge in [0.1, 0.15) is 5.75 Å². The summed E-state index contributed by atoms with van der Waals surface area (Å²) in [5.74, 6) is 1.34. The van der Waals surface area contributed by atoms with Gasteiger partial charge in [0, 0.05) is 5.02 Å². The normalized spacial score (nSPS) is 17.3. The van der Waals surface area contributed by atoms with Gasteiger partial charge in [-0.15, -0.1) is 5.10 Å². The average molecular weight is 450 g/mol. The summed E-state index contributed by atoms with van der Waals surface area (Å²) in [5.41, 5.74) is 2.14. The maximum atomic E-state index is 12.4.